The van der Waals surface area contributed by atoms with Crippen LogP contribution >= 0.6 is 0 Å². The molecule has 1 aromatic rings. The number of hydrogen-bond donors (Lipinski definition) is 3. The van der Waals surface area contributed by atoms with Crippen LogP contribution in [-0.4, -0.2) is 56.5 Å². The second-order valence-corrected chi connectivity index (χ2v) is 3.70. The number of hydrogen-bond acceptors (Lipinski definition) is 6. The fourth-order valence-electron chi connectivity index (χ4n) is 1.46. The van der Waals surface area contributed by atoms with Crippen molar-refractivity contribution in [1.82, 2.24) is 36.2 Å². The zero-order valence-electron chi connectivity index (χ0n) is 9.51. The first-order chi connectivity index (χ1) is 8.58. The summed E-state index contributed by atoms with van der Waals surface area (Å²) in [6, 6.07) is -1.03. The van der Waals surface area contributed by atoms with Gasteiger partial charge in [-0.15, -0.1) is 10.2 Å². The summed E-state index contributed by atoms with van der Waals surface area (Å²) in [4.78, 5) is 34.9. The predicted octanol–water partition coefficient (Wildman–Crippen LogP) is -2.07. The minimum Gasteiger partial charge on any atom is -0.345 e. The van der Waals surface area contributed by atoms with Gasteiger partial charge in [0.1, 0.15) is 6.54 Å². The van der Waals surface area contributed by atoms with Gasteiger partial charge in [-0.2, -0.15) is 5.21 Å². The van der Waals surface area contributed by atoms with Crippen LogP contribution < -0.4 is 10.6 Å². The summed E-state index contributed by atoms with van der Waals surface area (Å²) in [5.41, 5.74) is 0. The lowest BCUT2D eigenvalue weighted by Gasteiger charge is -2.14. The van der Waals surface area contributed by atoms with Crippen molar-refractivity contribution in [2.45, 2.75) is 13.0 Å². The lowest BCUT2D eigenvalue weighted by atomic mass is 10.3. The number of imide groups is 1. The second-order valence-electron chi connectivity index (χ2n) is 3.70. The molecule has 3 N–H and O–H groups in total. The van der Waals surface area contributed by atoms with Gasteiger partial charge < -0.3 is 10.6 Å². The van der Waals surface area contributed by atoms with E-state index in [1.807, 2.05) is 0 Å². The molecule has 0 bridgehead atoms. The number of carbonyl (C=O) groups is 3. The number of rotatable bonds is 4. The minimum atomic E-state index is -0.567. The highest BCUT2D eigenvalue weighted by Gasteiger charge is 2.30. The van der Waals surface area contributed by atoms with Crippen LogP contribution in [-0.2, 0) is 9.59 Å². The Morgan fingerprint density at radius 3 is 2.89 bits per heavy atom. The molecule has 1 aliphatic heterocycles. The van der Waals surface area contributed by atoms with Gasteiger partial charge in [0.2, 0.25) is 5.91 Å². The normalized spacial score (nSPS) is 16.6. The average Bonchev–Trinajstić information content (AvgIpc) is 2.94. The maximum absolute atomic E-state index is 11.6. The summed E-state index contributed by atoms with van der Waals surface area (Å²) in [5.74, 6) is -0.583. The zero-order valence-corrected chi connectivity index (χ0v) is 9.51. The molecule has 1 saturated heterocycles. The third kappa shape index (κ3) is 2.42. The fourth-order valence-corrected chi connectivity index (χ4v) is 1.46. The highest BCUT2D eigenvalue weighted by Crippen LogP contribution is 2.04. The Kier molecular flexibility index (Phi) is 3.17. The van der Waals surface area contributed by atoms with E-state index < -0.39 is 23.9 Å². The Morgan fingerprint density at radius 1 is 1.56 bits per heavy atom. The highest BCUT2D eigenvalue weighted by molar-refractivity contribution is 6.04. The van der Waals surface area contributed by atoms with Crippen LogP contribution in [0.1, 0.15) is 18.8 Å². The number of tetrazole rings is 1. The van der Waals surface area contributed by atoms with Crippen molar-refractivity contribution in [3.8, 4) is 0 Å². The van der Waals surface area contributed by atoms with E-state index in [2.05, 4.69) is 31.3 Å². The molecule has 0 spiro atoms. The van der Waals surface area contributed by atoms with Gasteiger partial charge in [-0.05, 0) is 6.92 Å². The third-order valence-corrected chi connectivity index (χ3v) is 2.37. The van der Waals surface area contributed by atoms with Crippen LogP contribution in [0.4, 0.5) is 4.79 Å². The maximum Gasteiger partial charge on any atom is 0.325 e. The van der Waals surface area contributed by atoms with E-state index >= 15 is 0 Å². The van der Waals surface area contributed by atoms with Gasteiger partial charge in [0.05, 0.1) is 12.6 Å². The van der Waals surface area contributed by atoms with Crippen molar-refractivity contribution in [2.75, 3.05) is 13.1 Å². The van der Waals surface area contributed by atoms with Gasteiger partial charge in [0.15, 0.2) is 5.82 Å². The molecular formula is C8H11N7O3. The molecule has 4 amide bonds. The molecule has 10 heteroatoms. The van der Waals surface area contributed by atoms with Gasteiger partial charge in [-0.3, -0.25) is 14.5 Å². The molecule has 1 aromatic heterocycles. The molecule has 96 valence electrons. The van der Waals surface area contributed by atoms with Crippen LogP contribution in [0.25, 0.3) is 0 Å². The molecule has 18 heavy (non-hydrogen) atoms. The summed E-state index contributed by atoms with van der Waals surface area (Å²) in [5, 5.41) is 17.9. The first kappa shape index (κ1) is 12.0. The van der Waals surface area contributed by atoms with E-state index in [1.54, 1.807) is 6.92 Å². The van der Waals surface area contributed by atoms with Crippen LogP contribution in [0, 0.1) is 0 Å². The van der Waals surface area contributed by atoms with Gasteiger partial charge in [-0.1, -0.05) is 5.21 Å². The molecule has 2 rings (SSSR count). The van der Waals surface area contributed by atoms with E-state index in [9.17, 15) is 14.4 Å². The first-order valence-corrected chi connectivity index (χ1v) is 5.19. The molecule has 2 heterocycles. The lowest BCUT2D eigenvalue weighted by molar-refractivity contribution is -0.130. The van der Waals surface area contributed by atoms with Crippen molar-refractivity contribution in [3.63, 3.8) is 0 Å². The highest BCUT2D eigenvalue weighted by atomic mass is 16.2. The molecule has 1 aliphatic rings. The molecular weight excluding hydrogens is 242 g/mol. The zero-order chi connectivity index (χ0) is 13.1. The molecule has 0 aromatic carbocycles. The van der Waals surface area contributed by atoms with Crippen molar-refractivity contribution < 1.29 is 14.4 Å². The van der Waals surface area contributed by atoms with Gasteiger partial charge >= 0.3 is 6.03 Å². The molecule has 0 radical (unpaired) electrons. The van der Waals surface area contributed by atoms with Crippen LogP contribution in [0.15, 0.2) is 0 Å². The number of carbonyl (C=O) groups excluding carboxylic acids is 3. The Bertz CT molecular complexity index is 455. The van der Waals surface area contributed by atoms with Crippen LogP contribution in [0.3, 0.4) is 0 Å². The van der Waals surface area contributed by atoms with E-state index in [0.29, 0.717) is 5.82 Å². The number of urea groups is 1. The second kappa shape index (κ2) is 4.77. The van der Waals surface area contributed by atoms with E-state index in [-0.39, 0.29) is 13.1 Å². The Balaban J connectivity index is 1.89. The maximum atomic E-state index is 11.6. The Labute approximate surface area is 101 Å². The molecule has 1 atom stereocenters. The molecule has 0 aliphatic carbocycles. The summed E-state index contributed by atoms with van der Waals surface area (Å²) in [6.45, 7) is 1.26. The average molecular weight is 253 g/mol. The standard InChI is InChI=1S/C8H11N7O3/c1-4(7-11-13-14-12-7)10-5(16)3-15-6(17)2-9-8(15)18/h4H,2-3H2,1H3,(H,9,18)(H,10,16)(H,11,12,13,14). The molecule has 1 fully saturated rings. The number of nitrogens with one attached hydrogen (secondary N) is 3. The minimum absolute atomic E-state index is 0.0769. The molecule has 10 nitrogen and oxygen atoms in total. The predicted molar refractivity (Wildman–Crippen MR) is 55.8 cm³/mol. The first-order valence-electron chi connectivity index (χ1n) is 5.19. The summed E-state index contributed by atoms with van der Waals surface area (Å²) in [7, 11) is 0. The number of amides is 4. The molecule has 1 unspecified atom stereocenters. The van der Waals surface area contributed by atoms with Gasteiger partial charge in [0, 0.05) is 0 Å². The van der Waals surface area contributed by atoms with Crippen molar-refractivity contribution in [1.29, 1.82) is 0 Å². The number of nitrogens with zero attached hydrogens (tertiary/aromatic N) is 4. The summed E-state index contributed by atoms with van der Waals surface area (Å²) >= 11 is 0. The van der Waals surface area contributed by atoms with E-state index in [0.717, 1.165) is 4.90 Å². The Morgan fingerprint density at radius 2 is 2.33 bits per heavy atom. The van der Waals surface area contributed by atoms with Crippen molar-refractivity contribution in [3.05, 3.63) is 5.82 Å². The number of H-pyrrole nitrogens is 1. The van der Waals surface area contributed by atoms with Gasteiger partial charge in [-0.25, -0.2) is 4.79 Å². The Hall–Kier alpha value is -2.52. The van der Waals surface area contributed by atoms with Crippen molar-refractivity contribution >= 4 is 17.8 Å². The van der Waals surface area contributed by atoms with E-state index in [1.165, 1.54) is 0 Å². The quantitative estimate of drug-likeness (QED) is 0.528. The topological polar surface area (TPSA) is 133 Å². The monoisotopic (exact) mass is 253 g/mol. The smallest absolute Gasteiger partial charge is 0.325 e. The third-order valence-electron chi connectivity index (χ3n) is 2.37. The largest absolute Gasteiger partial charge is 0.345 e. The van der Waals surface area contributed by atoms with Crippen LogP contribution in [0.5, 0.6) is 0 Å². The van der Waals surface area contributed by atoms with E-state index in [4.69, 9.17) is 0 Å². The summed E-state index contributed by atoms with van der Waals surface area (Å²) in [6.07, 6.45) is 0. The van der Waals surface area contributed by atoms with Crippen LogP contribution in [0.2, 0.25) is 0 Å². The molecule has 0 saturated carbocycles. The number of aromatic amines is 1. The fraction of sp³-hybridized carbons (Fsp3) is 0.500. The van der Waals surface area contributed by atoms with Gasteiger partial charge in [0.25, 0.3) is 5.91 Å². The SMILES string of the molecule is CC(NC(=O)CN1C(=O)CNC1=O)c1nn[nH]n1. The van der Waals surface area contributed by atoms with Crippen molar-refractivity contribution in [2.24, 2.45) is 0 Å². The number of aromatic nitrogens is 4. The summed E-state index contributed by atoms with van der Waals surface area (Å²) < 4.78 is 0. The lowest BCUT2D eigenvalue weighted by Crippen LogP contribution is -2.41.